The van der Waals surface area contributed by atoms with Crippen LogP contribution in [0.2, 0.25) is 0 Å². The average molecular weight is 342 g/mol. The number of hydrogen-bond acceptors (Lipinski definition) is 4. The molecule has 0 aliphatic rings. The molecule has 4 aromatic rings. The lowest BCUT2D eigenvalue weighted by atomic mass is 10.1. The predicted molar refractivity (Wildman–Crippen MR) is 102 cm³/mol. The third-order valence-electron chi connectivity index (χ3n) is 3.82. The summed E-state index contributed by atoms with van der Waals surface area (Å²) in [6.07, 6.45) is 0. The maximum atomic E-state index is 9.69. The van der Waals surface area contributed by atoms with Gasteiger partial charge < -0.3 is 0 Å². The van der Waals surface area contributed by atoms with Crippen LogP contribution in [0.15, 0.2) is 60.7 Å². The highest BCUT2D eigenvalue weighted by atomic mass is 32.1. The molecule has 4 rings (SSSR count). The third-order valence-corrected chi connectivity index (χ3v) is 6.08. The van der Waals surface area contributed by atoms with Crippen LogP contribution in [0.4, 0.5) is 0 Å². The van der Waals surface area contributed by atoms with E-state index < -0.39 is 0 Å². The Balaban J connectivity index is 1.94. The molecule has 0 aliphatic carbocycles. The summed E-state index contributed by atoms with van der Waals surface area (Å²) in [6.45, 7) is 0. The van der Waals surface area contributed by atoms with Crippen molar-refractivity contribution < 1.29 is 0 Å². The van der Waals surface area contributed by atoms with Gasteiger partial charge in [-0.1, -0.05) is 36.4 Å². The number of hydrogen-bond donors (Lipinski definition) is 0. The van der Waals surface area contributed by atoms with E-state index in [4.69, 9.17) is 0 Å². The average Bonchev–Trinajstić information content (AvgIpc) is 3.22. The maximum Gasteiger partial charge on any atom is 0.102 e. The molecule has 0 atom stereocenters. The van der Waals surface area contributed by atoms with Crippen molar-refractivity contribution in [1.82, 2.24) is 0 Å². The number of allylic oxidation sites excluding steroid dienone is 2. The zero-order valence-electron chi connectivity index (χ0n) is 12.5. The minimum absolute atomic E-state index is 0.449. The normalized spacial score (nSPS) is 11.9. The van der Waals surface area contributed by atoms with Crippen LogP contribution in [-0.2, 0) is 0 Å². The van der Waals surface area contributed by atoms with Crippen molar-refractivity contribution in [3.63, 3.8) is 0 Å². The summed E-state index contributed by atoms with van der Waals surface area (Å²) in [7, 11) is 0. The van der Waals surface area contributed by atoms with Crippen molar-refractivity contribution in [1.29, 1.82) is 10.5 Å². The van der Waals surface area contributed by atoms with Gasteiger partial charge in [-0.2, -0.15) is 10.5 Å². The first-order valence-corrected chi connectivity index (χ1v) is 8.96. The van der Waals surface area contributed by atoms with Crippen LogP contribution in [-0.4, -0.2) is 0 Å². The van der Waals surface area contributed by atoms with Crippen LogP contribution in [0.1, 0.15) is 9.75 Å². The molecule has 0 radical (unpaired) electrons. The maximum absolute atomic E-state index is 9.69. The summed E-state index contributed by atoms with van der Waals surface area (Å²) >= 11 is 3.10. The molecule has 2 aromatic heterocycles. The van der Waals surface area contributed by atoms with E-state index >= 15 is 0 Å². The molecule has 0 unspecified atom stereocenters. The Kier molecular flexibility index (Phi) is 3.63. The number of benzene rings is 2. The predicted octanol–water partition coefficient (Wildman–Crippen LogP) is 6.07. The van der Waals surface area contributed by atoms with Crippen LogP contribution >= 0.6 is 22.7 Å². The van der Waals surface area contributed by atoms with E-state index in [0.29, 0.717) is 11.1 Å². The molecule has 0 saturated heterocycles. The molecule has 112 valence electrons. The van der Waals surface area contributed by atoms with Gasteiger partial charge in [0, 0.05) is 19.2 Å². The zero-order valence-corrected chi connectivity index (χ0v) is 14.1. The quantitative estimate of drug-likeness (QED) is 0.415. The zero-order chi connectivity index (χ0) is 16.5. The van der Waals surface area contributed by atoms with E-state index in [9.17, 15) is 10.5 Å². The van der Waals surface area contributed by atoms with Crippen molar-refractivity contribution >= 4 is 54.0 Å². The smallest absolute Gasteiger partial charge is 0.102 e. The number of rotatable bonds is 2. The van der Waals surface area contributed by atoms with Gasteiger partial charge in [-0.3, -0.25) is 0 Å². The highest BCUT2D eigenvalue weighted by Gasteiger charge is 2.16. The van der Waals surface area contributed by atoms with E-state index in [0.717, 1.165) is 29.9 Å². The van der Waals surface area contributed by atoms with E-state index in [1.165, 1.54) is 0 Å². The topological polar surface area (TPSA) is 47.6 Å². The Morgan fingerprint density at radius 1 is 0.667 bits per heavy atom. The molecule has 4 heteroatoms. The molecular formula is C20H10N2S2. The lowest BCUT2D eigenvalue weighted by Gasteiger charge is -1.98. The second-order valence-corrected chi connectivity index (χ2v) is 7.44. The van der Waals surface area contributed by atoms with E-state index in [1.807, 2.05) is 60.7 Å². The lowest BCUT2D eigenvalue weighted by Crippen LogP contribution is -1.83. The standard InChI is InChI=1S/C20H10N2S2/c21-11-15(19-9-13-5-1-3-7-17(13)23-19)16(12-22)20-10-14-6-2-4-8-18(14)24-20/h1-10H/b16-15-. The number of thiophene rings is 2. The first kappa shape index (κ1) is 14.7. The van der Waals surface area contributed by atoms with E-state index in [2.05, 4.69) is 12.1 Å². The molecule has 0 aliphatic heterocycles. The van der Waals surface area contributed by atoms with E-state index in [-0.39, 0.29) is 0 Å². The first-order chi connectivity index (χ1) is 11.8. The number of fused-ring (bicyclic) bond motifs is 2. The fourth-order valence-electron chi connectivity index (χ4n) is 2.68. The van der Waals surface area contributed by atoms with Crippen molar-refractivity contribution in [2.24, 2.45) is 0 Å². The Hall–Kier alpha value is -2.92. The third kappa shape index (κ3) is 2.39. The molecule has 2 aromatic carbocycles. The van der Waals surface area contributed by atoms with Crippen LogP contribution in [0.25, 0.3) is 31.3 Å². The molecule has 0 amide bonds. The fraction of sp³-hybridized carbons (Fsp3) is 0. The molecule has 0 saturated carbocycles. The van der Waals surface area contributed by atoms with Gasteiger partial charge in [-0.15, -0.1) is 22.7 Å². The molecule has 24 heavy (non-hydrogen) atoms. The second-order valence-electron chi connectivity index (χ2n) is 5.27. The van der Waals surface area contributed by atoms with Crippen LogP contribution in [0.3, 0.4) is 0 Å². The van der Waals surface area contributed by atoms with Gasteiger partial charge in [0.25, 0.3) is 0 Å². The number of nitriles is 2. The van der Waals surface area contributed by atoms with Crippen LogP contribution in [0.5, 0.6) is 0 Å². The van der Waals surface area contributed by atoms with Crippen molar-refractivity contribution in [3.05, 3.63) is 70.4 Å². The van der Waals surface area contributed by atoms with Crippen molar-refractivity contribution in [2.75, 3.05) is 0 Å². The second kappa shape index (κ2) is 5.94. The van der Waals surface area contributed by atoms with Crippen molar-refractivity contribution in [3.8, 4) is 12.1 Å². The van der Waals surface area contributed by atoms with Crippen LogP contribution < -0.4 is 0 Å². The summed E-state index contributed by atoms with van der Waals surface area (Å²) < 4.78 is 2.24. The van der Waals surface area contributed by atoms with Gasteiger partial charge >= 0.3 is 0 Å². The van der Waals surface area contributed by atoms with Gasteiger partial charge in [0.1, 0.15) is 12.1 Å². The highest BCUT2D eigenvalue weighted by Crippen LogP contribution is 2.37. The first-order valence-electron chi connectivity index (χ1n) is 7.32. The minimum Gasteiger partial charge on any atom is -0.192 e. The van der Waals surface area contributed by atoms with Crippen molar-refractivity contribution in [2.45, 2.75) is 0 Å². The molecule has 0 bridgehead atoms. The molecule has 2 nitrogen and oxygen atoms in total. The monoisotopic (exact) mass is 342 g/mol. The van der Waals surface area contributed by atoms with Gasteiger partial charge in [0.2, 0.25) is 0 Å². The molecule has 2 heterocycles. The highest BCUT2D eigenvalue weighted by molar-refractivity contribution is 7.21. The van der Waals surface area contributed by atoms with Crippen LogP contribution in [0, 0.1) is 22.7 Å². The fourth-order valence-corrected chi connectivity index (χ4v) is 4.81. The molecular weight excluding hydrogens is 332 g/mol. The molecule has 0 N–H and O–H groups in total. The Morgan fingerprint density at radius 2 is 1.08 bits per heavy atom. The summed E-state index contributed by atoms with van der Waals surface area (Å²) in [5.74, 6) is 0. The van der Waals surface area contributed by atoms with Gasteiger partial charge in [-0.25, -0.2) is 0 Å². The molecule has 0 fully saturated rings. The Labute approximate surface area is 147 Å². The SMILES string of the molecule is N#C/C(=C(\C#N)c1cc2ccccc2s1)c1cc2ccccc2s1. The summed E-state index contributed by atoms with van der Waals surface area (Å²) in [6, 6.07) is 24.5. The summed E-state index contributed by atoms with van der Waals surface area (Å²) in [4.78, 5) is 1.68. The van der Waals surface area contributed by atoms with Gasteiger partial charge in [-0.05, 0) is 35.0 Å². The molecule has 0 spiro atoms. The van der Waals surface area contributed by atoms with Gasteiger partial charge in [0.15, 0.2) is 0 Å². The van der Waals surface area contributed by atoms with Gasteiger partial charge in [0.05, 0.1) is 11.1 Å². The lowest BCUT2D eigenvalue weighted by molar-refractivity contribution is 1.52. The Morgan fingerprint density at radius 3 is 1.46 bits per heavy atom. The minimum atomic E-state index is 0.449. The summed E-state index contributed by atoms with van der Waals surface area (Å²) in [5.41, 5.74) is 0.899. The summed E-state index contributed by atoms with van der Waals surface area (Å²) in [5, 5.41) is 21.6. The Bertz CT molecular complexity index is 1020. The van der Waals surface area contributed by atoms with E-state index in [1.54, 1.807) is 22.7 Å². The number of nitrogens with zero attached hydrogens (tertiary/aromatic N) is 2. The largest absolute Gasteiger partial charge is 0.192 e.